The molecule has 0 saturated carbocycles. The number of hydrogen-bond donors (Lipinski definition) is 1. The zero-order chi connectivity index (χ0) is 20.1. The van der Waals surface area contributed by atoms with E-state index < -0.39 is 0 Å². The highest BCUT2D eigenvalue weighted by Gasteiger charge is 2.26. The van der Waals surface area contributed by atoms with E-state index in [9.17, 15) is 14.0 Å². The largest absolute Gasteiger partial charge is 0.349 e. The van der Waals surface area contributed by atoms with Crippen molar-refractivity contribution in [2.45, 2.75) is 25.9 Å². The molecule has 1 aliphatic rings. The number of aromatic nitrogens is 2. The number of nitrogens with one attached hydrogen (secondary N) is 1. The Morgan fingerprint density at radius 3 is 2.54 bits per heavy atom. The van der Waals surface area contributed by atoms with Gasteiger partial charge in [0.1, 0.15) is 10.8 Å². The number of likely N-dealkylation sites (tertiary alicyclic amines) is 1. The number of amides is 2. The molecule has 2 aromatic rings. The Hall–Kier alpha value is -2.39. The van der Waals surface area contributed by atoms with E-state index in [1.54, 1.807) is 31.1 Å². The highest BCUT2D eigenvalue weighted by atomic mass is 32.1. The van der Waals surface area contributed by atoms with Gasteiger partial charge in [0, 0.05) is 26.6 Å². The third kappa shape index (κ3) is 5.32. The second-order valence-electron chi connectivity index (χ2n) is 7.09. The molecule has 0 aliphatic carbocycles. The first-order valence-electron chi connectivity index (χ1n) is 9.21. The normalized spacial score (nSPS) is 15.4. The smallest absolute Gasteiger partial charge is 0.282 e. The van der Waals surface area contributed by atoms with E-state index in [-0.39, 0.29) is 23.5 Å². The molecule has 0 radical (unpaired) electrons. The van der Waals surface area contributed by atoms with Crippen molar-refractivity contribution in [3.8, 4) is 0 Å². The molecule has 1 N–H and O–H groups in total. The van der Waals surface area contributed by atoms with Crippen LogP contribution < -0.4 is 5.32 Å². The summed E-state index contributed by atoms with van der Waals surface area (Å²) < 4.78 is 12.9. The first-order chi connectivity index (χ1) is 13.4. The molecule has 1 fully saturated rings. The van der Waals surface area contributed by atoms with Gasteiger partial charge in [-0.15, -0.1) is 10.2 Å². The topological polar surface area (TPSA) is 78.4 Å². The van der Waals surface area contributed by atoms with Crippen molar-refractivity contribution in [1.29, 1.82) is 0 Å². The van der Waals surface area contributed by atoms with E-state index in [0.717, 1.165) is 36.5 Å². The van der Waals surface area contributed by atoms with E-state index in [4.69, 9.17) is 0 Å². The van der Waals surface area contributed by atoms with Crippen molar-refractivity contribution in [2.75, 3.05) is 27.2 Å². The lowest BCUT2D eigenvalue weighted by atomic mass is 9.95. The summed E-state index contributed by atoms with van der Waals surface area (Å²) in [4.78, 5) is 28.2. The number of piperidine rings is 1. The van der Waals surface area contributed by atoms with Crippen LogP contribution in [0.3, 0.4) is 0 Å². The van der Waals surface area contributed by atoms with Crippen molar-refractivity contribution in [3.05, 3.63) is 45.7 Å². The quantitative estimate of drug-likeness (QED) is 0.794. The predicted octanol–water partition coefficient (Wildman–Crippen LogP) is 1.91. The molecule has 2 heterocycles. The molecular formula is C19H24FN5O2S. The fourth-order valence-electron chi connectivity index (χ4n) is 3.16. The second-order valence-corrected chi connectivity index (χ2v) is 8.16. The molecule has 0 unspecified atom stereocenters. The van der Waals surface area contributed by atoms with Crippen LogP contribution in [0.2, 0.25) is 0 Å². The maximum atomic E-state index is 12.9. The number of carbonyl (C=O) groups excluding carboxylic acids is 2. The van der Waals surface area contributed by atoms with Crippen molar-refractivity contribution in [2.24, 2.45) is 5.92 Å². The molecule has 28 heavy (non-hydrogen) atoms. The monoisotopic (exact) mass is 405 g/mol. The molecule has 0 bridgehead atoms. The first-order valence-corrected chi connectivity index (χ1v) is 10.0. The van der Waals surface area contributed by atoms with E-state index in [1.807, 2.05) is 0 Å². The van der Waals surface area contributed by atoms with Gasteiger partial charge in [-0.05, 0) is 43.6 Å². The minimum absolute atomic E-state index is 0.0912. The summed E-state index contributed by atoms with van der Waals surface area (Å²) in [5.41, 5.74) is 0.814. The molecule has 2 amide bonds. The SMILES string of the molecule is CN(C)C(=O)C1CCN(Cc2nnc(C(=O)NCc3ccc(F)cc3)s2)CC1. The van der Waals surface area contributed by atoms with E-state index >= 15 is 0 Å². The molecule has 1 aliphatic heterocycles. The Balaban J connectivity index is 1.47. The third-order valence-electron chi connectivity index (χ3n) is 4.76. The van der Waals surface area contributed by atoms with Crippen LogP contribution in [0.25, 0.3) is 0 Å². The average molecular weight is 405 g/mol. The molecule has 9 heteroatoms. The summed E-state index contributed by atoms with van der Waals surface area (Å²) in [5, 5.41) is 12.0. The number of hydrogen-bond acceptors (Lipinski definition) is 6. The fourth-order valence-corrected chi connectivity index (χ4v) is 3.96. The molecule has 7 nitrogen and oxygen atoms in total. The number of nitrogens with zero attached hydrogens (tertiary/aromatic N) is 4. The van der Waals surface area contributed by atoms with Crippen LogP contribution in [0.4, 0.5) is 4.39 Å². The van der Waals surface area contributed by atoms with Gasteiger partial charge in [0.15, 0.2) is 0 Å². The van der Waals surface area contributed by atoms with Crippen LogP contribution in [0.5, 0.6) is 0 Å². The summed E-state index contributed by atoms with van der Waals surface area (Å²) in [5.74, 6) is -0.313. The van der Waals surface area contributed by atoms with Gasteiger partial charge < -0.3 is 10.2 Å². The first kappa shape index (κ1) is 20.3. The van der Waals surface area contributed by atoms with Gasteiger partial charge in [-0.1, -0.05) is 23.5 Å². The predicted molar refractivity (Wildman–Crippen MR) is 104 cm³/mol. The van der Waals surface area contributed by atoms with Crippen molar-refractivity contribution >= 4 is 23.2 Å². The Labute approximate surface area is 167 Å². The van der Waals surface area contributed by atoms with Crippen LogP contribution in [0.1, 0.15) is 33.2 Å². The van der Waals surface area contributed by atoms with Gasteiger partial charge >= 0.3 is 0 Å². The average Bonchev–Trinajstić information content (AvgIpc) is 3.16. The highest BCUT2D eigenvalue weighted by Crippen LogP contribution is 2.21. The van der Waals surface area contributed by atoms with E-state index in [2.05, 4.69) is 20.4 Å². The third-order valence-corrected chi connectivity index (χ3v) is 5.67. The van der Waals surface area contributed by atoms with E-state index in [1.165, 1.54) is 23.5 Å². The fraction of sp³-hybridized carbons (Fsp3) is 0.474. The van der Waals surface area contributed by atoms with Gasteiger partial charge in [0.05, 0.1) is 6.54 Å². The second kappa shape index (κ2) is 9.20. The standard InChI is InChI=1S/C19H24FN5O2S/c1-24(2)19(27)14-7-9-25(10-8-14)12-16-22-23-18(28-16)17(26)21-11-13-3-5-15(20)6-4-13/h3-6,14H,7-12H2,1-2H3,(H,21,26). The van der Waals surface area contributed by atoms with Gasteiger partial charge in [-0.3, -0.25) is 14.5 Å². The van der Waals surface area contributed by atoms with Crippen molar-refractivity contribution in [1.82, 2.24) is 25.3 Å². The summed E-state index contributed by atoms with van der Waals surface area (Å²) in [6.45, 7) is 2.60. The Morgan fingerprint density at radius 1 is 1.21 bits per heavy atom. The van der Waals surface area contributed by atoms with Crippen LogP contribution >= 0.6 is 11.3 Å². The zero-order valence-corrected chi connectivity index (χ0v) is 16.8. The molecule has 0 spiro atoms. The summed E-state index contributed by atoms with van der Waals surface area (Å²) in [7, 11) is 3.58. The molecule has 1 aromatic carbocycles. The van der Waals surface area contributed by atoms with Crippen LogP contribution in [0.15, 0.2) is 24.3 Å². The summed E-state index contributed by atoms with van der Waals surface area (Å²) in [6.07, 6.45) is 1.67. The molecule has 1 saturated heterocycles. The zero-order valence-electron chi connectivity index (χ0n) is 16.0. The minimum atomic E-state index is -0.307. The van der Waals surface area contributed by atoms with Gasteiger partial charge in [-0.2, -0.15) is 0 Å². The Morgan fingerprint density at radius 2 is 1.89 bits per heavy atom. The number of carbonyl (C=O) groups is 2. The lowest BCUT2D eigenvalue weighted by molar-refractivity contribution is -0.134. The Kier molecular flexibility index (Phi) is 6.69. The maximum absolute atomic E-state index is 12.9. The van der Waals surface area contributed by atoms with Crippen LogP contribution in [-0.4, -0.2) is 59.0 Å². The van der Waals surface area contributed by atoms with Crippen molar-refractivity contribution < 1.29 is 14.0 Å². The molecule has 0 atom stereocenters. The van der Waals surface area contributed by atoms with Crippen LogP contribution in [-0.2, 0) is 17.9 Å². The molecule has 1 aromatic heterocycles. The van der Waals surface area contributed by atoms with E-state index in [0.29, 0.717) is 18.1 Å². The molecule has 150 valence electrons. The summed E-state index contributed by atoms with van der Waals surface area (Å²) >= 11 is 1.27. The lowest BCUT2D eigenvalue weighted by Crippen LogP contribution is -2.39. The van der Waals surface area contributed by atoms with Gasteiger partial charge in [0.2, 0.25) is 10.9 Å². The lowest BCUT2D eigenvalue weighted by Gasteiger charge is -2.31. The van der Waals surface area contributed by atoms with Crippen molar-refractivity contribution in [3.63, 3.8) is 0 Å². The van der Waals surface area contributed by atoms with Gasteiger partial charge in [0.25, 0.3) is 5.91 Å². The number of halogens is 1. The molecule has 3 rings (SSSR count). The highest BCUT2D eigenvalue weighted by molar-refractivity contribution is 7.13. The van der Waals surface area contributed by atoms with Crippen LogP contribution in [0, 0.1) is 11.7 Å². The maximum Gasteiger partial charge on any atom is 0.282 e. The Bertz CT molecular complexity index is 816. The summed E-state index contributed by atoms with van der Waals surface area (Å²) in [6, 6.07) is 5.98. The minimum Gasteiger partial charge on any atom is -0.349 e. The molecular weight excluding hydrogens is 381 g/mol. The number of rotatable bonds is 6. The van der Waals surface area contributed by atoms with Gasteiger partial charge in [-0.25, -0.2) is 4.39 Å². The number of benzene rings is 1.